The summed E-state index contributed by atoms with van der Waals surface area (Å²) in [5.41, 5.74) is 8.30. The number of carbonyl (C=O) groups is 1. The molecule has 1 aliphatic rings. The Morgan fingerprint density at radius 3 is 2.71 bits per heavy atom. The van der Waals surface area contributed by atoms with Gasteiger partial charge in [-0.05, 0) is 43.0 Å². The zero-order chi connectivity index (χ0) is 13.9. The van der Waals surface area contributed by atoms with Gasteiger partial charge < -0.3 is 10.6 Å². The molecular weight excluding hydrogens is 286 g/mol. The molecule has 3 rings (SSSR count). The van der Waals surface area contributed by atoms with Crippen LogP contribution in [0.1, 0.15) is 28.9 Å². The Kier molecular flexibility index (Phi) is 4.81. The van der Waals surface area contributed by atoms with Gasteiger partial charge in [0, 0.05) is 12.2 Å². The first-order chi connectivity index (χ1) is 9.75. The van der Waals surface area contributed by atoms with Crippen LogP contribution < -0.4 is 10.6 Å². The highest BCUT2D eigenvalue weighted by Crippen LogP contribution is 2.27. The van der Waals surface area contributed by atoms with Crippen molar-refractivity contribution in [1.29, 1.82) is 0 Å². The third-order valence-electron chi connectivity index (χ3n) is 3.60. The van der Waals surface area contributed by atoms with E-state index in [2.05, 4.69) is 11.1 Å². The molecule has 0 spiro atoms. The molecule has 0 saturated carbocycles. The van der Waals surface area contributed by atoms with Crippen molar-refractivity contribution in [3.8, 4) is 0 Å². The Labute approximate surface area is 130 Å². The topological polar surface area (TPSA) is 59.2 Å². The minimum atomic E-state index is -0.0772. The lowest BCUT2D eigenvalue weighted by atomic mass is 10.1. The summed E-state index contributed by atoms with van der Waals surface area (Å²) >= 11 is 0. The number of nitrogens with zero attached hydrogens (tertiary/aromatic N) is 2. The Bertz CT molecular complexity index is 645. The van der Waals surface area contributed by atoms with Crippen LogP contribution in [0.4, 0.5) is 11.5 Å². The second kappa shape index (κ2) is 6.59. The van der Waals surface area contributed by atoms with Crippen LogP contribution in [0.3, 0.4) is 0 Å². The first-order valence-electron chi connectivity index (χ1n) is 6.88. The number of rotatable bonds is 1. The molecule has 2 heterocycles. The molecule has 0 radical (unpaired) electrons. The van der Waals surface area contributed by atoms with Crippen LogP contribution in [0.2, 0.25) is 0 Å². The molecule has 0 atom stereocenters. The van der Waals surface area contributed by atoms with E-state index in [4.69, 9.17) is 5.73 Å². The molecule has 2 aromatic rings. The summed E-state index contributed by atoms with van der Waals surface area (Å²) in [6.07, 6.45) is 3.12. The molecule has 5 heteroatoms. The number of pyridine rings is 1. The molecule has 21 heavy (non-hydrogen) atoms. The molecular formula is C16H18ClN3O. The van der Waals surface area contributed by atoms with Crippen molar-refractivity contribution in [3.63, 3.8) is 0 Å². The predicted octanol–water partition coefficient (Wildman–Crippen LogP) is 3.07. The predicted molar refractivity (Wildman–Crippen MR) is 87.0 cm³/mol. The van der Waals surface area contributed by atoms with Crippen molar-refractivity contribution in [2.24, 2.45) is 0 Å². The molecule has 0 bridgehead atoms. The highest BCUT2D eigenvalue weighted by Gasteiger charge is 2.22. The highest BCUT2D eigenvalue weighted by molar-refractivity contribution is 6.05. The standard InChI is InChI=1S/C16H17N3O.ClH/c17-15-10-5-8-13(18-15)16(20)19-11-4-3-7-12-6-1-2-9-14(12)19;/h1-2,5-6,8-10H,3-4,7,11H2,(H2,17,18);1H. The fourth-order valence-electron chi connectivity index (χ4n) is 2.61. The fraction of sp³-hybridized carbons (Fsp3) is 0.250. The van der Waals surface area contributed by atoms with Gasteiger partial charge in [0.25, 0.3) is 5.91 Å². The molecule has 1 aromatic heterocycles. The van der Waals surface area contributed by atoms with Crippen LogP contribution in [0.5, 0.6) is 0 Å². The summed E-state index contributed by atoms with van der Waals surface area (Å²) in [4.78, 5) is 18.6. The monoisotopic (exact) mass is 303 g/mol. The number of para-hydroxylation sites is 1. The normalized spacial score (nSPS) is 13.8. The van der Waals surface area contributed by atoms with Crippen LogP contribution in [-0.2, 0) is 6.42 Å². The summed E-state index contributed by atoms with van der Waals surface area (Å²) in [6, 6.07) is 13.2. The number of fused-ring (bicyclic) bond motifs is 1. The molecule has 110 valence electrons. The lowest BCUT2D eigenvalue weighted by Crippen LogP contribution is -2.32. The number of nitrogens with two attached hydrogens (primary N) is 1. The summed E-state index contributed by atoms with van der Waals surface area (Å²) in [6.45, 7) is 0.728. The van der Waals surface area contributed by atoms with E-state index in [-0.39, 0.29) is 18.3 Å². The number of carbonyl (C=O) groups excluding carboxylic acids is 1. The minimum Gasteiger partial charge on any atom is -0.384 e. The fourth-order valence-corrected chi connectivity index (χ4v) is 2.61. The molecule has 1 amide bonds. The van der Waals surface area contributed by atoms with Crippen LogP contribution >= 0.6 is 12.4 Å². The van der Waals surface area contributed by atoms with E-state index in [9.17, 15) is 4.79 Å². The summed E-state index contributed by atoms with van der Waals surface area (Å²) in [5, 5.41) is 0. The largest absolute Gasteiger partial charge is 0.384 e. The quantitative estimate of drug-likeness (QED) is 0.881. The molecule has 2 N–H and O–H groups in total. The number of aryl methyl sites for hydroxylation is 1. The van der Waals surface area contributed by atoms with E-state index < -0.39 is 0 Å². The Morgan fingerprint density at radius 2 is 1.90 bits per heavy atom. The smallest absolute Gasteiger partial charge is 0.276 e. The maximum Gasteiger partial charge on any atom is 0.276 e. The summed E-state index contributed by atoms with van der Waals surface area (Å²) < 4.78 is 0. The van der Waals surface area contributed by atoms with Gasteiger partial charge in [0.05, 0.1) is 0 Å². The zero-order valence-electron chi connectivity index (χ0n) is 11.7. The lowest BCUT2D eigenvalue weighted by Gasteiger charge is -2.22. The van der Waals surface area contributed by atoms with Gasteiger partial charge in [0.1, 0.15) is 11.5 Å². The maximum absolute atomic E-state index is 12.7. The first-order valence-corrected chi connectivity index (χ1v) is 6.88. The lowest BCUT2D eigenvalue weighted by molar-refractivity contribution is 0.0982. The van der Waals surface area contributed by atoms with Crippen LogP contribution in [0.25, 0.3) is 0 Å². The first kappa shape index (κ1) is 15.3. The second-order valence-electron chi connectivity index (χ2n) is 4.99. The molecule has 0 unspecified atom stereocenters. The Hall–Kier alpha value is -2.07. The van der Waals surface area contributed by atoms with Crippen molar-refractivity contribution in [2.75, 3.05) is 17.2 Å². The van der Waals surface area contributed by atoms with Crippen molar-refractivity contribution in [3.05, 3.63) is 53.7 Å². The highest BCUT2D eigenvalue weighted by atomic mass is 35.5. The number of hydrogen-bond acceptors (Lipinski definition) is 3. The maximum atomic E-state index is 12.7. The average Bonchev–Trinajstić information content (AvgIpc) is 2.69. The summed E-state index contributed by atoms with van der Waals surface area (Å²) in [7, 11) is 0. The molecule has 1 aromatic carbocycles. The number of nitrogen functional groups attached to an aromatic ring is 1. The van der Waals surface area contributed by atoms with Gasteiger partial charge in [0.15, 0.2) is 0 Å². The zero-order valence-corrected chi connectivity index (χ0v) is 12.5. The van der Waals surface area contributed by atoms with Crippen LogP contribution in [-0.4, -0.2) is 17.4 Å². The third-order valence-corrected chi connectivity index (χ3v) is 3.60. The number of halogens is 1. The van der Waals surface area contributed by atoms with E-state index in [1.165, 1.54) is 5.56 Å². The van der Waals surface area contributed by atoms with Crippen molar-refractivity contribution in [1.82, 2.24) is 4.98 Å². The number of aromatic nitrogens is 1. The second-order valence-corrected chi connectivity index (χ2v) is 4.99. The van der Waals surface area contributed by atoms with Crippen LogP contribution in [0, 0.1) is 0 Å². The van der Waals surface area contributed by atoms with E-state index in [0.29, 0.717) is 11.5 Å². The molecule has 4 nitrogen and oxygen atoms in total. The van der Waals surface area contributed by atoms with Gasteiger partial charge in [0.2, 0.25) is 0 Å². The Balaban J connectivity index is 0.00000161. The van der Waals surface area contributed by atoms with E-state index in [0.717, 1.165) is 31.5 Å². The summed E-state index contributed by atoms with van der Waals surface area (Å²) in [5.74, 6) is 0.297. The molecule has 1 aliphatic heterocycles. The minimum absolute atomic E-state index is 0. The third kappa shape index (κ3) is 3.16. The van der Waals surface area contributed by atoms with Crippen molar-refractivity contribution >= 4 is 29.8 Å². The van der Waals surface area contributed by atoms with Gasteiger partial charge in [-0.2, -0.15) is 0 Å². The number of amides is 1. The van der Waals surface area contributed by atoms with E-state index in [1.807, 2.05) is 23.1 Å². The van der Waals surface area contributed by atoms with E-state index >= 15 is 0 Å². The van der Waals surface area contributed by atoms with Crippen molar-refractivity contribution < 1.29 is 4.79 Å². The van der Waals surface area contributed by atoms with E-state index in [1.54, 1.807) is 18.2 Å². The Morgan fingerprint density at radius 1 is 1.10 bits per heavy atom. The SMILES string of the molecule is Cl.Nc1cccc(C(=O)N2CCCCc3ccccc32)n1. The molecule has 0 aliphatic carbocycles. The number of hydrogen-bond donors (Lipinski definition) is 1. The van der Waals surface area contributed by atoms with Gasteiger partial charge in [-0.25, -0.2) is 4.98 Å². The number of benzene rings is 1. The van der Waals surface area contributed by atoms with Crippen molar-refractivity contribution in [2.45, 2.75) is 19.3 Å². The van der Waals surface area contributed by atoms with Gasteiger partial charge in [-0.15, -0.1) is 12.4 Å². The number of anilines is 2. The average molecular weight is 304 g/mol. The van der Waals surface area contributed by atoms with Crippen LogP contribution in [0.15, 0.2) is 42.5 Å². The van der Waals surface area contributed by atoms with Gasteiger partial charge in [-0.1, -0.05) is 24.3 Å². The van der Waals surface area contributed by atoms with Gasteiger partial charge in [-0.3, -0.25) is 4.79 Å². The van der Waals surface area contributed by atoms with Gasteiger partial charge >= 0.3 is 0 Å². The molecule has 0 saturated heterocycles. The molecule has 0 fully saturated rings.